The van der Waals surface area contributed by atoms with Crippen molar-refractivity contribution in [3.8, 4) is 0 Å². The van der Waals surface area contributed by atoms with Crippen LogP contribution in [0.15, 0.2) is 18.3 Å². The number of carboxylic acids is 1. The lowest BCUT2D eigenvalue weighted by atomic mass is 10.0. The van der Waals surface area contributed by atoms with Crippen LogP contribution in [-0.4, -0.2) is 22.1 Å². The van der Waals surface area contributed by atoms with Crippen molar-refractivity contribution in [3.63, 3.8) is 0 Å². The van der Waals surface area contributed by atoms with E-state index in [4.69, 9.17) is 5.11 Å². The van der Waals surface area contributed by atoms with E-state index < -0.39 is 5.97 Å². The fraction of sp³-hybridized carbons (Fsp3) is 0.538. The molecule has 1 aromatic rings. The number of nitrogens with zero attached hydrogens (tertiary/aromatic N) is 1. The Bertz CT molecular complexity index is 377. The molecule has 0 aliphatic heterocycles. The van der Waals surface area contributed by atoms with Gasteiger partial charge in [0.15, 0.2) is 0 Å². The monoisotopic (exact) mass is 236 g/mol. The highest BCUT2D eigenvalue weighted by molar-refractivity contribution is 5.93. The standard InChI is InChI=1S/C13H20N2O2/c1-9(2)6-7-10(3)15-12-11(13(16)17)5-4-8-14-12/h4-5,8-10H,6-7H2,1-3H3,(H,14,15)(H,16,17). The van der Waals surface area contributed by atoms with Gasteiger partial charge >= 0.3 is 5.97 Å². The van der Waals surface area contributed by atoms with E-state index in [1.165, 1.54) is 0 Å². The number of carbonyl (C=O) groups is 1. The largest absolute Gasteiger partial charge is 0.478 e. The van der Waals surface area contributed by atoms with Crippen LogP contribution in [-0.2, 0) is 0 Å². The number of aromatic nitrogens is 1. The Hall–Kier alpha value is -1.58. The first-order valence-corrected chi connectivity index (χ1v) is 5.95. The van der Waals surface area contributed by atoms with E-state index in [1.807, 2.05) is 6.92 Å². The molecule has 1 unspecified atom stereocenters. The summed E-state index contributed by atoms with van der Waals surface area (Å²) in [6, 6.07) is 3.42. The quantitative estimate of drug-likeness (QED) is 0.797. The van der Waals surface area contributed by atoms with Gasteiger partial charge in [-0.3, -0.25) is 0 Å². The highest BCUT2D eigenvalue weighted by Gasteiger charge is 2.12. The normalized spacial score (nSPS) is 12.5. The molecule has 4 nitrogen and oxygen atoms in total. The van der Waals surface area contributed by atoms with E-state index in [9.17, 15) is 4.79 Å². The molecule has 4 heteroatoms. The molecule has 1 rings (SSSR count). The van der Waals surface area contributed by atoms with Crippen LogP contribution in [0.2, 0.25) is 0 Å². The Morgan fingerprint density at radius 3 is 2.71 bits per heavy atom. The van der Waals surface area contributed by atoms with Crippen molar-refractivity contribution in [1.82, 2.24) is 4.98 Å². The molecule has 0 radical (unpaired) electrons. The third-order valence-corrected chi connectivity index (χ3v) is 2.60. The summed E-state index contributed by atoms with van der Waals surface area (Å²) in [5.74, 6) is 0.162. The van der Waals surface area contributed by atoms with Crippen LogP contribution >= 0.6 is 0 Å². The van der Waals surface area contributed by atoms with E-state index in [-0.39, 0.29) is 11.6 Å². The van der Waals surface area contributed by atoms with Gasteiger partial charge in [-0.15, -0.1) is 0 Å². The summed E-state index contributed by atoms with van der Waals surface area (Å²) in [5.41, 5.74) is 0.226. The Balaban J connectivity index is 2.64. The minimum absolute atomic E-state index is 0.226. The molecule has 0 saturated carbocycles. The van der Waals surface area contributed by atoms with Crippen molar-refractivity contribution in [2.75, 3.05) is 5.32 Å². The van der Waals surface area contributed by atoms with Crippen molar-refractivity contribution in [1.29, 1.82) is 0 Å². The average molecular weight is 236 g/mol. The Morgan fingerprint density at radius 2 is 2.12 bits per heavy atom. The number of pyridine rings is 1. The molecule has 0 aromatic carbocycles. The number of nitrogens with one attached hydrogen (secondary N) is 1. The summed E-state index contributed by atoms with van der Waals surface area (Å²) in [6.45, 7) is 6.40. The number of hydrogen-bond donors (Lipinski definition) is 2. The molecule has 0 aliphatic carbocycles. The van der Waals surface area contributed by atoms with E-state index in [0.717, 1.165) is 12.8 Å². The lowest BCUT2D eigenvalue weighted by Gasteiger charge is -2.16. The number of aromatic carboxylic acids is 1. The summed E-state index contributed by atoms with van der Waals surface area (Å²) >= 11 is 0. The summed E-state index contributed by atoms with van der Waals surface area (Å²) in [4.78, 5) is 15.1. The van der Waals surface area contributed by atoms with Crippen LogP contribution in [0.3, 0.4) is 0 Å². The van der Waals surface area contributed by atoms with Crippen molar-refractivity contribution in [2.45, 2.75) is 39.7 Å². The van der Waals surface area contributed by atoms with Crippen LogP contribution in [0.4, 0.5) is 5.82 Å². The minimum Gasteiger partial charge on any atom is -0.478 e. The van der Waals surface area contributed by atoms with E-state index in [1.54, 1.807) is 18.3 Å². The molecule has 17 heavy (non-hydrogen) atoms. The first-order valence-electron chi connectivity index (χ1n) is 5.95. The second kappa shape index (κ2) is 6.23. The molecule has 2 N–H and O–H groups in total. The molecule has 0 amide bonds. The second-order valence-corrected chi connectivity index (χ2v) is 4.72. The smallest absolute Gasteiger partial charge is 0.339 e. The van der Waals surface area contributed by atoms with Gasteiger partial charge in [0.05, 0.1) is 0 Å². The lowest BCUT2D eigenvalue weighted by Crippen LogP contribution is -2.19. The number of carboxylic acid groups (broad SMARTS) is 1. The average Bonchev–Trinajstić information content (AvgIpc) is 2.27. The minimum atomic E-state index is -0.948. The highest BCUT2D eigenvalue weighted by atomic mass is 16.4. The van der Waals surface area contributed by atoms with Crippen LogP contribution < -0.4 is 5.32 Å². The fourth-order valence-corrected chi connectivity index (χ4v) is 1.58. The van der Waals surface area contributed by atoms with Crippen molar-refractivity contribution >= 4 is 11.8 Å². The van der Waals surface area contributed by atoms with Crippen molar-refractivity contribution in [2.24, 2.45) is 5.92 Å². The van der Waals surface area contributed by atoms with Gasteiger partial charge in [-0.25, -0.2) is 9.78 Å². The molecule has 0 saturated heterocycles. The van der Waals surface area contributed by atoms with E-state index in [0.29, 0.717) is 11.7 Å². The maximum Gasteiger partial charge on any atom is 0.339 e. The SMILES string of the molecule is CC(C)CCC(C)Nc1ncccc1C(=O)O. The predicted octanol–water partition coefficient (Wildman–Crippen LogP) is 3.02. The van der Waals surface area contributed by atoms with Crippen molar-refractivity contribution in [3.05, 3.63) is 23.9 Å². The molecule has 0 aliphatic rings. The van der Waals surface area contributed by atoms with Gasteiger partial charge in [0.1, 0.15) is 11.4 Å². The molecule has 1 aromatic heterocycles. The zero-order chi connectivity index (χ0) is 12.8. The zero-order valence-corrected chi connectivity index (χ0v) is 10.6. The fourth-order valence-electron chi connectivity index (χ4n) is 1.58. The lowest BCUT2D eigenvalue weighted by molar-refractivity contribution is 0.0697. The Labute approximate surface area is 102 Å². The maximum atomic E-state index is 11.0. The van der Waals surface area contributed by atoms with Crippen molar-refractivity contribution < 1.29 is 9.90 Å². The van der Waals surface area contributed by atoms with Gasteiger partial charge < -0.3 is 10.4 Å². The van der Waals surface area contributed by atoms with E-state index >= 15 is 0 Å². The predicted molar refractivity (Wildman–Crippen MR) is 68.4 cm³/mol. The van der Waals surface area contributed by atoms with Gasteiger partial charge in [0, 0.05) is 12.2 Å². The number of rotatable bonds is 6. The molecule has 0 bridgehead atoms. The van der Waals surface area contributed by atoms with Gasteiger partial charge in [0.2, 0.25) is 0 Å². The third kappa shape index (κ3) is 4.43. The molecular formula is C13H20N2O2. The maximum absolute atomic E-state index is 11.0. The molecule has 1 atom stereocenters. The van der Waals surface area contributed by atoms with Gasteiger partial charge in [0.25, 0.3) is 0 Å². The summed E-state index contributed by atoms with van der Waals surface area (Å²) < 4.78 is 0. The van der Waals surface area contributed by atoms with Crippen LogP contribution in [0.1, 0.15) is 44.0 Å². The summed E-state index contributed by atoms with van der Waals surface area (Å²) in [6.07, 6.45) is 3.72. The van der Waals surface area contributed by atoms with Crippen LogP contribution in [0.25, 0.3) is 0 Å². The molecule has 0 fully saturated rings. The third-order valence-electron chi connectivity index (χ3n) is 2.60. The summed E-state index contributed by atoms with van der Waals surface area (Å²) in [5, 5.41) is 12.2. The van der Waals surface area contributed by atoms with Gasteiger partial charge in [-0.05, 0) is 37.8 Å². The Kier molecular flexibility index (Phi) is 4.94. The molecular weight excluding hydrogens is 216 g/mol. The van der Waals surface area contributed by atoms with E-state index in [2.05, 4.69) is 24.1 Å². The first-order chi connectivity index (χ1) is 8.00. The highest BCUT2D eigenvalue weighted by Crippen LogP contribution is 2.15. The second-order valence-electron chi connectivity index (χ2n) is 4.72. The van der Waals surface area contributed by atoms with Gasteiger partial charge in [-0.1, -0.05) is 13.8 Å². The topological polar surface area (TPSA) is 62.2 Å². The van der Waals surface area contributed by atoms with Crippen LogP contribution in [0, 0.1) is 5.92 Å². The molecule has 0 spiro atoms. The molecule has 1 heterocycles. The zero-order valence-electron chi connectivity index (χ0n) is 10.6. The van der Waals surface area contributed by atoms with Crippen LogP contribution in [0.5, 0.6) is 0 Å². The number of anilines is 1. The first kappa shape index (κ1) is 13.5. The number of hydrogen-bond acceptors (Lipinski definition) is 3. The van der Waals surface area contributed by atoms with Gasteiger partial charge in [-0.2, -0.15) is 0 Å². The molecule has 94 valence electrons. The Morgan fingerprint density at radius 1 is 1.41 bits per heavy atom. The summed E-state index contributed by atoms with van der Waals surface area (Å²) in [7, 11) is 0.